The van der Waals surface area contributed by atoms with Crippen molar-refractivity contribution in [3.8, 4) is 5.75 Å². The Morgan fingerprint density at radius 2 is 2.00 bits per heavy atom. The van der Waals surface area contributed by atoms with Gasteiger partial charge in [0.2, 0.25) is 0 Å². The highest BCUT2D eigenvalue weighted by atomic mass is 79.9. The average molecular weight is 330 g/mol. The predicted octanol–water partition coefficient (Wildman–Crippen LogP) is 3.86. The Morgan fingerprint density at radius 1 is 1.15 bits per heavy atom. The number of para-hydroxylation sites is 1. The fourth-order valence-corrected chi connectivity index (χ4v) is 2.42. The number of hydrogen-bond donors (Lipinski definition) is 1. The van der Waals surface area contributed by atoms with Gasteiger partial charge in [-0.2, -0.15) is 0 Å². The molecule has 3 rings (SSSR count). The molecule has 0 saturated heterocycles. The highest BCUT2D eigenvalue weighted by Gasteiger charge is 2.16. The summed E-state index contributed by atoms with van der Waals surface area (Å²) in [5.74, 6) is 0.670. The Kier molecular flexibility index (Phi) is 3.56. The second-order valence-electron chi connectivity index (χ2n) is 4.46. The van der Waals surface area contributed by atoms with E-state index in [1.165, 1.54) is 0 Å². The molecule has 0 atom stereocenters. The number of carbonyl (C=O) groups excluding carboxylic acids is 1. The molecule has 2 aromatic rings. The maximum Gasteiger partial charge on any atom is 0.255 e. The van der Waals surface area contributed by atoms with Gasteiger partial charge in [0, 0.05) is 15.7 Å². The lowest BCUT2D eigenvalue weighted by Crippen LogP contribution is -2.21. The van der Waals surface area contributed by atoms with E-state index in [2.05, 4.69) is 21.2 Å². The number of nitrogens with one attached hydrogen (secondary N) is 1. The molecule has 0 aliphatic carbocycles. The lowest BCUT2D eigenvalue weighted by molar-refractivity contribution is -0.113. The SMILES string of the molecule is O=C(Nc1cccc(Br)c1)C1=Cc2ccccc2OC1. The van der Waals surface area contributed by atoms with Crippen molar-refractivity contribution >= 4 is 33.6 Å². The smallest absolute Gasteiger partial charge is 0.255 e. The van der Waals surface area contributed by atoms with Gasteiger partial charge in [0.25, 0.3) is 5.91 Å². The van der Waals surface area contributed by atoms with Crippen LogP contribution in [0.3, 0.4) is 0 Å². The number of ether oxygens (including phenoxy) is 1. The molecule has 100 valence electrons. The normalized spacial score (nSPS) is 12.9. The van der Waals surface area contributed by atoms with Gasteiger partial charge >= 0.3 is 0 Å². The molecule has 2 aromatic carbocycles. The molecule has 4 heteroatoms. The van der Waals surface area contributed by atoms with Gasteiger partial charge in [-0.3, -0.25) is 4.79 Å². The first-order valence-electron chi connectivity index (χ1n) is 6.22. The molecule has 0 unspecified atom stereocenters. The van der Waals surface area contributed by atoms with Gasteiger partial charge in [0.05, 0.1) is 5.57 Å². The monoisotopic (exact) mass is 329 g/mol. The summed E-state index contributed by atoms with van der Waals surface area (Å²) in [5, 5.41) is 2.87. The molecule has 0 bridgehead atoms. The fourth-order valence-electron chi connectivity index (χ4n) is 2.02. The van der Waals surface area contributed by atoms with Crippen LogP contribution in [0.25, 0.3) is 6.08 Å². The van der Waals surface area contributed by atoms with Gasteiger partial charge in [-0.15, -0.1) is 0 Å². The molecule has 0 saturated carbocycles. The van der Waals surface area contributed by atoms with Crippen molar-refractivity contribution in [3.05, 3.63) is 64.1 Å². The summed E-state index contributed by atoms with van der Waals surface area (Å²) in [6.45, 7) is 0.289. The summed E-state index contributed by atoms with van der Waals surface area (Å²) in [4.78, 5) is 12.2. The van der Waals surface area contributed by atoms with E-state index in [9.17, 15) is 4.79 Å². The highest BCUT2D eigenvalue weighted by Crippen LogP contribution is 2.26. The van der Waals surface area contributed by atoms with E-state index < -0.39 is 0 Å². The largest absolute Gasteiger partial charge is 0.488 e. The van der Waals surface area contributed by atoms with E-state index in [0.29, 0.717) is 5.57 Å². The number of anilines is 1. The van der Waals surface area contributed by atoms with Crippen LogP contribution in [0.4, 0.5) is 5.69 Å². The Hall–Kier alpha value is -2.07. The second-order valence-corrected chi connectivity index (χ2v) is 5.38. The predicted molar refractivity (Wildman–Crippen MR) is 82.7 cm³/mol. The topological polar surface area (TPSA) is 38.3 Å². The molecule has 0 radical (unpaired) electrons. The number of carbonyl (C=O) groups is 1. The summed E-state index contributed by atoms with van der Waals surface area (Å²) < 4.78 is 6.51. The van der Waals surface area contributed by atoms with E-state index in [1.807, 2.05) is 54.6 Å². The summed E-state index contributed by atoms with van der Waals surface area (Å²) in [5.41, 5.74) is 2.30. The quantitative estimate of drug-likeness (QED) is 0.908. The first-order chi connectivity index (χ1) is 9.72. The molecule has 0 fully saturated rings. The third-order valence-corrected chi connectivity index (χ3v) is 3.50. The van der Waals surface area contributed by atoms with Crippen LogP contribution in [-0.2, 0) is 4.79 Å². The number of amides is 1. The first kappa shape index (κ1) is 12.9. The summed E-state index contributed by atoms with van der Waals surface area (Å²) in [7, 11) is 0. The van der Waals surface area contributed by atoms with Crippen molar-refractivity contribution in [2.75, 3.05) is 11.9 Å². The average Bonchev–Trinajstić information content (AvgIpc) is 2.47. The standard InChI is InChI=1S/C16H12BrNO2/c17-13-5-3-6-14(9-13)18-16(19)12-8-11-4-1-2-7-15(11)20-10-12/h1-9H,10H2,(H,18,19). The van der Waals surface area contributed by atoms with E-state index >= 15 is 0 Å². The van der Waals surface area contributed by atoms with Gasteiger partial charge in [-0.25, -0.2) is 0 Å². The number of benzene rings is 2. The zero-order valence-electron chi connectivity index (χ0n) is 10.6. The molecular formula is C16H12BrNO2. The lowest BCUT2D eigenvalue weighted by atomic mass is 10.1. The molecule has 1 aliphatic heterocycles. The van der Waals surface area contributed by atoms with Crippen molar-refractivity contribution in [2.45, 2.75) is 0 Å². The minimum Gasteiger partial charge on any atom is -0.488 e. The summed E-state index contributed by atoms with van der Waals surface area (Å²) >= 11 is 3.38. The molecule has 1 N–H and O–H groups in total. The first-order valence-corrected chi connectivity index (χ1v) is 7.01. The van der Waals surface area contributed by atoms with Crippen LogP contribution >= 0.6 is 15.9 Å². The van der Waals surface area contributed by atoms with E-state index in [-0.39, 0.29) is 12.5 Å². The highest BCUT2D eigenvalue weighted by molar-refractivity contribution is 9.10. The molecule has 1 amide bonds. The fraction of sp³-hybridized carbons (Fsp3) is 0.0625. The van der Waals surface area contributed by atoms with Crippen LogP contribution in [0.5, 0.6) is 5.75 Å². The Balaban J connectivity index is 1.80. The number of fused-ring (bicyclic) bond motifs is 1. The minimum atomic E-state index is -0.141. The number of hydrogen-bond acceptors (Lipinski definition) is 2. The van der Waals surface area contributed by atoms with Crippen LogP contribution in [0.2, 0.25) is 0 Å². The third kappa shape index (κ3) is 2.75. The van der Waals surface area contributed by atoms with Gasteiger partial charge in [0.15, 0.2) is 0 Å². The number of rotatable bonds is 2. The van der Waals surface area contributed by atoms with Crippen molar-refractivity contribution in [1.29, 1.82) is 0 Å². The zero-order valence-corrected chi connectivity index (χ0v) is 12.2. The van der Waals surface area contributed by atoms with Gasteiger partial charge < -0.3 is 10.1 Å². The van der Waals surface area contributed by atoms with Crippen molar-refractivity contribution < 1.29 is 9.53 Å². The summed E-state index contributed by atoms with van der Waals surface area (Å²) in [6, 6.07) is 15.2. The zero-order chi connectivity index (χ0) is 13.9. The Labute approximate surface area is 125 Å². The Bertz CT molecular complexity index is 694. The second kappa shape index (κ2) is 5.51. The lowest BCUT2D eigenvalue weighted by Gasteiger charge is -2.17. The molecule has 0 spiro atoms. The van der Waals surface area contributed by atoms with Crippen LogP contribution in [0.1, 0.15) is 5.56 Å². The Morgan fingerprint density at radius 3 is 2.85 bits per heavy atom. The van der Waals surface area contributed by atoms with Crippen molar-refractivity contribution in [2.24, 2.45) is 0 Å². The number of halogens is 1. The molecule has 0 aromatic heterocycles. The third-order valence-electron chi connectivity index (χ3n) is 3.01. The minimum absolute atomic E-state index is 0.141. The molecule has 3 nitrogen and oxygen atoms in total. The van der Waals surface area contributed by atoms with Crippen LogP contribution in [-0.4, -0.2) is 12.5 Å². The van der Waals surface area contributed by atoms with E-state index in [4.69, 9.17) is 4.74 Å². The van der Waals surface area contributed by atoms with Crippen LogP contribution in [0.15, 0.2) is 58.6 Å². The van der Waals surface area contributed by atoms with E-state index in [1.54, 1.807) is 0 Å². The van der Waals surface area contributed by atoms with E-state index in [0.717, 1.165) is 21.5 Å². The van der Waals surface area contributed by atoms with Crippen molar-refractivity contribution in [1.82, 2.24) is 0 Å². The summed E-state index contributed by atoms with van der Waals surface area (Å²) in [6.07, 6.45) is 1.87. The molecule has 1 aliphatic rings. The molecule has 20 heavy (non-hydrogen) atoms. The maximum atomic E-state index is 12.2. The van der Waals surface area contributed by atoms with Crippen molar-refractivity contribution in [3.63, 3.8) is 0 Å². The van der Waals surface area contributed by atoms with Gasteiger partial charge in [-0.05, 0) is 30.3 Å². The molecular weight excluding hydrogens is 318 g/mol. The van der Waals surface area contributed by atoms with Crippen LogP contribution < -0.4 is 10.1 Å². The maximum absolute atomic E-state index is 12.2. The van der Waals surface area contributed by atoms with Crippen LogP contribution in [0, 0.1) is 0 Å². The van der Waals surface area contributed by atoms with Gasteiger partial charge in [-0.1, -0.05) is 40.2 Å². The van der Waals surface area contributed by atoms with Gasteiger partial charge in [0.1, 0.15) is 12.4 Å². The molecule has 1 heterocycles.